The maximum Gasteiger partial charge on any atom is 0.163 e. The van der Waals surface area contributed by atoms with E-state index < -0.39 is 0 Å². The van der Waals surface area contributed by atoms with E-state index in [1.54, 1.807) is 0 Å². The second-order valence-corrected chi connectivity index (χ2v) is 3.85. The molecular weight excluding hydrogens is 238 g/mol. The SMILES string of the molecule is Cc1cn(-c2nnc(CN)cc2C)c(C)n1.Cl. The Balaban J connectivity index is 0.00000144. The number of rotatable bonds is 2. The smallest absolute Gasteiger partial charge is 0.163 e. The van der Waals surface area contributed by atoms with Crippen LogP contribution >= 0.6 is 12.4 Å². The van der Waals surface area contributed by atoms with Gasteiger partial charge in [0.05, 0.1) is 11.4 Å². The lowest BCUT2D eigenvalue weighted by molar-refractivity contribution is 0.826. The second-order valence-electron chi connectivity index (χ2n) is 3.85. The summed E-state index contributed by atoms with van der Waals surface area (Å²) in [7, 11) is 0. The highest BCUT2D eigenvalue weighted by molar-refractivity contribution is 5.85. The molecule has 2 heterocycles. The van der Waals surface area contributed by atoms with E-state index in [1.807, 2.05) is 37.6 Å². The molecule has 5 nitrogen and oxygen atoms in total. The molecule has 0 bridgehead atoms. The van der Waals surface area contributed by atoms with Gasteiger partial charge in [-0.2, -0.15) is 5.10 Å². The van der Waals surface area contributed by atoms with Gasteiger partial charge in [0.2, 0.25) is 0 Å². The van der Waals surface area contributed by atoms with Gasteiger partial charge in [0.1, 0.15) is 5.82 Å². The van der Waals surface area contributed by atoms with E-state index >= 15 is 0 Å². The van der Waals surface area contributed by atoms with Crippen molar-refractivity contribution in [2.45, 2.75) is 27.3 Å². The van der Waals surface area contributed by atoms with Crippen molar-refractivity contribution in [2.24, 2.45) is 5.73 Å². The minimum absolute atomic E-state index is 0. The molecule has 0 radical (unpaired) electrons. The summed E-state index contributed by atoms with van der Waals surface area (Å²) in [4.78, 5) is 4.34. The predicted molar refractivity (Wildman–Crippen MR) is 68.5 cm³/mol. The molecule has 0 saturated heterocycles. The van der Waals surface area contributed by atoms with Crippen LogP contribution < -0.4 is 5.73 Å². The number of halogens is 1. The van der Waals surface area contributed by atoms with E-state index in [2.05, 4.69) is 15.2 Å². The van der Waals surface area contributed by atoms with Gasteiger partial charge in [0.25, 0.3) is 0 Å². The summed E-state index contributed by atoms with van der Waals surface area (Å²) in [6.45, 7) is 6.32. The summed E-state index contributed by atoms with van der Waals surface area (Å²) in [5.41, 5.74) is 8.35. The third-order valence-corrected chi connectivity index (χ3v) is 2.45. The van der Waals surface area contributed by atoms with Crippen molar-refractivity contribution in [1.29, 1.82) is 0 Å². The standard InChI is InChI=1S/C11H15N5.ClH/c1-7-4-10(5-12)14-15-11(7)16-6-8(2)13-9(16)3;/h4,6H,5,12H2,1-3H3;1H. The van der Waals surface area contributed by atoms with Crippen LogP contribution in [0.1, 0.15) is 22.8 Å². The molecule has 0 aliphatic carbocycles. The quantitative estimate of drug-likeness (QED) is 0.880. The molecular formula is C11H16ClN5. The Kier molecular flexibility index (Phi) is 4.20. The normalized spacial score (nSPS) is 10.1. The maximum absolute atomic E-state index is 5.52. The van der Waals surface area contributed by atoms with Crippen molar-refractivity contribution in [3.8, 4) is 5.82 Å². The van der Waals surface area contributed by atoms with Gasteiger partial charge in [-0.3, -0.25) is 4.57 Å². The van der Waals surface area contributed by atoms with Crippen molar-refractivity contribution < 1.29 is 0 Å². The fourth-order valence-electron chi connectivity index (χ4n) is 1.70. The average Bonchev–Trinajstić information content (AvgIpc) is 2.57. The van der Waals surface area contributed by atoms with Crippen molar-refractivity contribution in [1.82, 2.24) is 19.7 Å². The molecule has 2 N–H and O–H groups in total. The summed E-state index contributed by atoms with van der Waals surface area (Å²) in [6.07, 6.45) is 1.95. The van der Waals surface area contributed by atoms with Crippen LogP contribution in [-0.2, 0) is 6.54 Å². The van der Waals surface area contributed by atoms with Gasteiger partial charge < -0.3 is 5.73 Å². The topological polar surface area (TPSA) is 69.6 Å². The Hall–Kier alpha value is -1.46. The molecule has 2 aromatic rings. The maximum atomic E-state index is 5.52. The van der Waals surface area contributed by atoms with Gasteiger partial charge in [-0.1, -0.05) is 0 Å². The van der Waals surface area contributed by atoms with Gasteiger partial charge >= 0.3 is 0 Å². The van der Waals surface area contributed by atoms with Crippen LogP contribution in [0.25, 0.3) is 5.82 Å². The molecule has 0 fully saturated rings. The van der Waals surface area contributed by atoms with Crippen LogP contribution in [0.2, 0.25) is 0 Å². The molecule has 0 aromatic carbocycles. The van der Waals surface area contributed by atoms with Crippen molar-refractivity contribution in [3.05, 3.63) is 35.0 Å². The molecule has 0 unspecified atom stereocenters. The van der Waals surface area contributed by atoms with Crippen LogP contribution in [0.3, 0.4) is 0 Å². The summed E-state index contributed by atoms with van der Waals surface area (Å²) in [5.74, 6) is 1.73. The lowest BCUT2D eigenvalue weighted by atomic mass is 10.2. The minimum Gasteiger partial charge on any atom is -0.325 e. The molecule has 0 spiro atoms. The third-order valence-electron chi connectivity index (χ3n) is 2.45. The molecule has 0 atom stereocenters. The first-order valence-electron chi connectivity index (χ1n) is 5.18. The first-order chi connectivity index (χ1) is 7.61. The van der Waals surface area contributed by atoms with Crippen molar-refractivity contribution in [3.63, 3.8) is 0 Å². The van der Waals surface area contributed by atoms with Crippen LogP contribution in [0.5, 0.6) is 0 Å². The van der Waals surface area contributed by atoms with E-state index in [9.17, 15) is 0 Å². The van der Waals surface area contributed by atoms with Crippen LogP contribution in [-0.4, -0.2) is 19.7 Å². The van der Waals surface area contributed by atoms with Crippen molar-refractivity contribution >= 4 is 12.4 Å². The monoisotopic (exact) mass is 253 g/mol. The Morgan fingerprint density at radius 2 is 1.94 bits per heavy atom. The second kappa shape index (κ2) is 5.25. The zero-order chi connectivity index (χ0) is 11.7. The van der Waals surface area contributed by atoms with E-state index in [-0.39, 0.29) is 12.4 Å². The fourth-order valence-corrected chi connectivity index (χ4v) is 1.70. The molecule has 17 heavy (non-hydrogen) atoms. The van der Waals surface area contributed by atoms with Crippen molar-refractivity contribution in [2.75, 3.05) is 0 Å². The molecule has 6 heteroatoms. The number of hydrogen-bond acceptors (Lipinski definition) is 4. The Bertz CT molecular complexity index is 521. The van der Waals surface area contributed by atoms with Crippen LogP contribution in [0.4, 0.5) is 0 Å². The molecule has 0 saturated carbocycles. The summed E-state index contributed by atoms with van der Waals surface area (Å²) in [5, 5.41) is 8.25. The highest BCUT2D eigenvalue weighted by Crippen LogP contribution is 2.13. The lowest BCUT2D eigenvalue weighted by Crippen LogP contribution is -2.07. The molecule has 92 valence electrons. The van der Waals surface area contributed by atoms with Gasteiger partial charge in [0.15, 0.2) is 5.82 Å². The molecule has 0 aliphatic rings. The molecule has 0 amide bonds. The fraction of sp³-hybridized carbons (Fsp3) is 0.364. The Labute approximate surface area is 106 Å². The van der Waals surface area contributed by atoms with E-state index in [1.165, 1.54) is 0 Å². The molecule has 0 aliphatic heterocycles. The largest absolute Gasteiger partial charge is 0.325 e. The van der Waals surface area contributed by atoms with Gasteiger partial charge in [-0.15, -0.1) is 17.5 Å². The highest BCUT2D eigenvalue weighted by atomic mass is 35.5. The summed E-state index contributed by atoms with van der Waals surface area (Å²) < 4.78 is 1.94. The van der Waals surface area contributed by atoms with E-state index in [0.717, 1.165) is 28.6 Å². The first kappa shape index (κ1) is 13.6. The number of aryl methyl sites for hydroxylation is 3. The summed E-state index contributed by atoms with van der Waals surface area (Å²) >= 11 is 0. The zero-order valence-electron chi connectivity index (χ0n) is 10.1. The van der Waals surface area contributed by atoms with Gasteiger partial charge in [-0.25, -0.2) is 4.98 Å². The van der Waals surface area contributed by atoms with E-state index in [0.29, 0.717) is 6.54 Å². The predicted octanol–water partition coefficient (Wildman–Crippen LogP) is 1.47. The third kappa shape index (κ3) is 2.62. The number of aromatic nitrogens is 4. The van der Waals surface area contributed by atoms with Crippen LogP contribution in [0.15, 0.2) is 12.3 Å². The van der Waals surface area contributed by atoms with Gasteiger partial charge in [0, 0.05) is 12.7 Å². The average molecular weight is 254 g/mol. The number of nitrogens with two attached hydrogens (primary N) is 1. The highest BCUT2D eigenvalue weighted by Gasteiger charge is 2.08. The molecule has 2 aromatic heterocycles. The Morgan fingerprint density at radius 3 is 2.41 bits per heavy atom. The molecule has 2 rings (SSSR count). The van der Waals surface area contributed by atoms with E-state index in [4.69, 9.17) is 5.73 Å². The first-order valence-corrected chi connectivity index (χ1v) is 5.18. The zero-order valence-corrected chi connectivity index (χ0v) is 11.0. The minimum atomic E-state index is 0. The summed E-state index contributed by atoms with van der Waals surface area (Å²) in [6, 6.07) is 1.96. The number of nitrogens with zero attached hydrogens (tertiary/aromatic N) is 4. The lowest BCUT2D eigenvalue weighted by Gasteiger charge is -2.07. The van der Waals surface area contributed by atoms with Crippen LogP contribution in [0, 0.1) is 20.8 Å². The number of imidazole rings is 1. The van der Waals surface area contributed by atoms with Gasteiger partial charge in [-0.05, 0) is 32.4 Å². The Morgan fingerprint density at radius 1 is 1.24 bits per heavy atom. The number of hydrogen-bond donors (Lipinski definition) is 1.